The molecule has 4 nitrogen and oxygen atoms in total. The maximum atomic E-state index is 14.1. The fourth-order valence-electron chi connectivity index (χ4n) is 4.83. The van der Waals surface area contributed by atoms with Gasteiger partial charge in [0.1, 0.15) is 12.4 Å². The molecule has 0 radical (unpaired) electrons. The van der Waals surface area contributed by atoms with Crippen LogP contribution in [-0.2, 0) is 29.6 Å². The van der Waals surface area contributed by atoms with E-state index >= 15 is 0 Å². The molecule has 0 heterocycles. The summed E-state index contributed by atoms with van der Waals surface area (Å²) in [4.78, 5) is 11.8. The Balaban J connectivity index is 1.51. The first-order chi connectivity index (χ1) is 20.5. The summed E-state index contributed by atoms with van der Waals surface area (Å²) in [6.07, 6.45) is 5.75. The molecular formula is C37H38F2O4. The summed E-state index contributed by atoms with van der Waals surface area (Å²) in [6, 6.07) is 25.7. The molecule has 1 N–H and O–H groups in total. The zero-order valence-corrected chi connectivity index (χ0v) is 25.1. The van der Waals surface area contributed by atoms with Crippen LogP contribution in [0.2, 0.25) is 0 Å². The molecule has 0 spiro atoms. The molecule has 0 bridgehead atoms. The number of para-hydroxylation sites is 1. The van der Waals surface area contributed by atoms with E-state index in [0.29, 0.717) is 37.0 Å². The first-order valence-corrected chi connectivity index (χ1v) is 14.4. The average molecular weight is 585 g/mol. The van der Waals surface area contributed by atoms with E-state index in [-0.39, 0.29) is 11.3 Å². The lowest BCUT2D eigenvalue weighted by atomic mass is 9.87. The molecule has 0 aliphatic carbocycles. The third-order valence-corrected chi connectivity index (χ3v) is 7.43. The van der Waals surface area contributed by atoms with Gasteiger partial charge in [-0.15, -0.1) is 0 Å². The minimum atomic E-state index is -0.981. The van der Waals surface area contributed by atoms with Crippen molar-refractivity contribution in [3.05, 3.63) is 136 Å². The second kappa shape index (κ2) is 14.1. The number of rotatable bonds is 11. The number of carbonyl (C=O) groups is 1. The van der Waals surface area contributed by atoms with E-state index in [1.807, 2.05) is 48.6 Å². The van der Waals surface area contributed by atoms with E-state index in [4.69, 9.17) is 9.47 Å². The van der Waals surface area contributed by atoms with Gasteiger partial charge in [0.25, 0.3) is 0 Å². The van der Waals surface area contributed by atoms with Gasteiger partial charge < -0.3 is 14.6 Å². The van der Waals surface area contributed by atoms with Crippen molar-refractivity contribution in [3.63, 3.8) is 0 Å². The second-order valence-electron chi connectivity index (χ2n) is 11.7. The molecule has 0 saturated heterocycles. The molecule has 1 unspecified atom stereocenters. The van der Waals surface area contributed by atoms with Gasteiger partial charge in [0.2, 0.25) is 0 Å². The van der Waals surface area contributed by atoms with Gasteiger partial charge in [-0.1, -0.05) is 87.5 Å². The predicted molar refractivity (Wildman–Crippen MR) is 166 cm³/mol. The van der Waals surface area contributed by atoms with E-state index in [9.17, 15) is 18.7 Å². The van der Waals surface area contributed by atoms with Crippen molar-refractivity contribution >= 4 is 12.0 Å². The molecule has 0 aromatic heterocycles. The fraction of sp³-hybridized carbons (Fsp3) is 0.270. The van der Waals surface area contributed by atoms with Gasteiger partial charge in [0, 0.05) is 5.56 Å². The lowest BCUT2D eigenvalue weighted by Gasteiger charge is -2.19. The van der Waals surface area contributed by atoms with E-state index < -0.39 is 23.4 Å². The van der Waals surface area contributed by atoms with Gasteiger partial charge in [-0.3, -0.25) is 0 Å². The molecule has 0 aliphatic rings. The Morgan fingerprint density at radius 2 is 1.51 bits per heavy atom. The summed E-state index contributed by atoms with van der Waals surface area (Å²) < 4.78 is 39.2. The molecule has 6 heteroatoms. The van der Waals surface area contributed by atoms with Crippen LogP contribution in [0, 0.1) is 17.6 Å². The summed E-state index contributed by atoms with van der Waals surface area (Å²) in [5.74, 6) is -2.68. The number of allylic oxidation sites excluding steroid dienone is 1. The normalized spacial score (nSPS) is 12.3. The van der Waals surface area contributed by atoms with E-state index in [1.54, 1.807) is 12.1 Å². The van der Waals surface area contributed by atoms with Gasteiger partial charge in [-0.05, 0) is 83.2 Å². The second-order valence-corrected chi connectivity index (χ2v) is 11.7. The molecule has 1 atom stereocenters. The number of ether oxygens (including phenoxy) is 2. The molecule has 4 aromatic rings. The van der Waals surface area contributed by atoms with E-state index in [0.717, 1.165) is 22.4 Å². The number of aromatic hydroxyl groups is 1. The number of phenolic OH excluding ortho intramolecular Hbond substituents is 1. The van der Waals surface area contributed by atoms with Crippen LogP contribution in [0.25, 0.3) is 6.08 Å². The van der Waals surface area contributed by atoms with Crippen LogP contribution >= 0.6 is 0 Å². The molecule has 43 heavy (non-hydrogen) atoms. The fourth-order valence-corrected chi connectivity index (χ4v) is 4.83. The molecule has 4 rings (SSSR count). The summed E-state index contributed by atoms with van der Waals surface area (Å²) in [5, 5.41) is 9.55. The summed E-state index contributed by atoms with van der Waals surface area (Å²) in [5.41, 5.74) is 5.25. The Kier molecular flexibility index (Phi) is 10.4. The molecule has 224 valence electrons. The Hall–Kier alpha value is -4.45. The van der Waals surface area contributed by atoms with Gasteiger partial charge >= 0.3 is 5.97 Å². The first kappa shape index (κ1) is 31.5. The van der Waals surface area contributed by atoms with Gasteiger partial charge in [-0.2, -0.15) is 0 Å². The molecular weight excluding hydrogens is 546 g/mol. The highest BCUT2D eigenvalue weighted by Crippen LogP contribution is 2.28. The first-order valence-electron chi connectivity index (χ1n) is 14.4. The third kappa shape index (κ3) is 8.77. The van der Waals surface area contributed by atoms with Crippen LogP contribution in [0.3, 0.4) is 0 Å². The summed E-state index contributed by atoms with van der Waals surface area (Å²) in [7, 11) is 1.34. The predicted octanol–water partition coefficient (Wildman–Crippen LogP) is 8.84. The van der Waals surface area contributed by atoms with Crippen molar-refractivity contribution < 1.29 is 28.2 Å². The molecule has 0 aliphatic heterocycles. The lowest BCUT2D eigenvalue weighted by Crippen LogP contribution is -2.10. The van der Waals surface area contributed by atoms with Crippen molar-refractivity contribution in [2.45, 2.75) is 52.1 Å². The van der Waals surface area contributed by atoms with Crippen molar-refractivity contribution in [1.29, 1.82) is 0 Å². The van der Waals surface area contributed by atoms with Crippen LogP contribution in [0.4, 0.5) is 8.78 Å². The molecule has 0 amide bonds. The number of halogens is 2. The average Bonchev–Trinajstić information content (AvgIpc) is 3.00. The highest BCUT2D eigenvalue weighted by molar-refractivity contribution is 5.89. The Morgan fingerprint density at radius 1 is 0.884 bits per heavy atom. The van der Waals surface area contributed by atoms with Crippen LogP contribution < -0.4 is 4.74 Å². The monoisotopic (exact) mass is 584 g/mol. The number of benzene rings is 4. The summed E-state index contributed by atoms with van der Waals surface area (Å²) >= 11 is 0. The number of methoxy groups -OCH3 is 1. The smallest absolute Gasteiger partial charge is 0.337 e. The van der Waals surface area contributed by atoms with Gasteiger partial charge in [-0.25, -0.2) is 13.6 Å². The van der Waals surface area contributed by atoms with Crippen molar-refractivity contribution in [2.24, 2.45) is 5.92 Å². The standard InChI is InChI=1S/C37H38F2O4/c1-37(2,3)31-19-14-27(15-20-31)24-43-34-8-6-5-7-29(34)16-13-26(21-28-22-32(38)35(40)33(39)23-28)10-9-25-11-17-30(18-12-25)36(41)42-4/h5-8,11-20,22-23,26,40H,9-10,21,24H2,1-4H3/b16-13+. The van der Waals surface area contributed by atoms with Crippen LogP contribution in [-0.4, -0.2) is 18.2 Å². The number of phenols is 1. The zero-order chi connectivity index (χ0) is 31.0. The highest BCUT2D eigenvalue weighted by Gasteiger charge is 2.15. The van der Waals surface area contributed by atoms with Crippen molar-refractivity contribution in [2.75, 3.05) is 7.11 Å². The maximum Gasteiger partial charge on any atom is 0.337 e. The molecule has 0 fully saturated rings. The van der Waals surface area contributed by atoms with Crippen LogP contribution in [0.15, 0.2) is 91.0 Å². The molecule has 4 aromatic carbocycles. The summed E-state index contributed by atoms with van der Waals surface area (Å²) in [6.45, 7) is 6.98. The van der Waals surface area contributed by atoms with E-state index in [1.165, 1.54) is 24.8 Å². The number of hydrogen-bond donors (Lipinski definition) is 1. The minimum Gasteiger partial charge on any atom is -0.503 e. The van der Waals surface area contributed by atoms with Crippen LogP contribution in [0.5, 0.6) is 11.5 Å². The van der Waals surface area contributed by atoms with Crippen molar-refractivity contribution in [1.82, 2.24) is 0 Å². The molecule has 0 saturated carbocycles. The van der Waals surface area contributed by atoms with Gasteiger partial charge in [0.05, 0.1) is 12.7 Å². The topological polar surface area (TPSA) is 55.8 Å². The van der Waals surface area contributed by atoms with Crippen molar-refractivity contribution in [3.8, 4) is 11.5 Å². The minimum absolute atomic E-state index is 0.0809. The highest BCUT2D eigenvalue weighted by atomic mass is 19.1. The quantitative estimate of drug-likeness (QED) is 0.179. The van der Waals surface area contributed by atoms with Gasteiger partial charge in [0.15, 0.2) is 17.4 Å². The Morgan fingerprint density at radius 3 is 2.14 bits per heavy atom. The largest absolute Gasteiger partial charge is 0.503 e. The van der Waals surface area contributed by atoms with Crippen LogP contribution in [0.1, 0.15) is 65.4 Å². The Labute approximate surface area is 252 Å². The Bertz CT molecular complexity index is 1530. The maximum absolute atomic E-state index is 14.1. The SMILES string of the molecule is COC(=O)c1ccc(CCC(/C=C/c2ccccc2OCc2ccc(C(C)(C)C)cc2)Cc2cc(F)c(O)c(F)c2)cc1. The lowest BCUT2D eigenvalue weighted by molar-refractivity contribution is 0.0600. The zero-order valence-electron chi connectivity index (χ0n) is 25.1. The number of esters is 1. The number of aryl methyl sites for hydroxylation is 1. The van der Waals surface area contributed by atoms with E-state index in [2.05, 4.69) is 45.0 Å². The number of carbonyl (C=O) groups excluding carboxylic acids is 1. The number of hydrogen-bond acceptors (Lipinski definition) is 4. The third-order valence-electron chi connectivity index (χ3n) is 7.43.